The van der Waals surface area contributed by atoms with E-state index >= 15 is 0 Å². The first kappa shape index (κ1) is 31.0. The molecule has 0 fully saturated rings. The number of rotatable bonds is 27. The third-order valence-electron chi connectivity index (χ3n) is 6.69. The van der Waals surface area contributed by atoms with E-state index in [9.17, 15) is 0 Å². The highest BCUT2D eigenvalue weighted by Crippen LogP contribution is 2.19. The van der Waals surface area contributed by atoms with E-state index in [0.717, 1.165) is 0 Å². The minimum absolute atomic E-state index is 1.17. The maximum Gasteiger partial charge on any atom is -0.0323 e. The first-order valence-corrected chi connectivity index (χ1v) is 14.3. The van der Waals surface area contributed by atoms with Crippen molar-refractivity contribution in [3.63, 3.8) is 0 Å². The van der Waals surface area contributed by atoms with Gasteiger partial charge in [-0.15, -0.1) is 13.2 Å². The quantitative estimate of drug-likeness (QED) is 0.0876. The Balaban J connectivity index is 3.25. The zero-order valence-electron chi connectivity index (χ0n) is 22.0. The normalized spacial score (nSPS) is 10.9. The molecule has 0 aromatic carbocycles. The van der Waals surface area contributed by atoms with Crippen LogP contribution in [0.5, 0.6) is 0 Å². The summed E-state index contributed by atoms with van der Waals surface area (Å²) in [6, 6.07) is 0. The molecule has 0 amide bonds. The van der Waals surface area contributed by atoms with Gasteiger partial charge in [0.15, 0.2) is 0 Å². The predicted molar refractivity (Wildman–Crippen MR) is 149 cm³/mol. The van der Waals surface area contributed by atoms with E-state index in [1.165, 1.54) is 165 Å². The van der Waals surface area contributed by atoms with Crippen LogP contribution in [-0.2, 0) is 0 Å². The van der Waals surface area contributed by atoms with Gasteiger partial charge < -0.3 is 0 Å². The molecule has 32 heavy (non-hydrogen) atoms. The van der Waals surface area contributed by atoms with Crippen molar-refractivity contribution in [2.45, 2.75) is 154 Å². The first-order valence-electron chi connectivity index (χ1n) is 14.3. The van der Waals surface area contributed by atoms with E-state index in [4.69, 9.17) is 0 Å². The van der Waals surface area contributed by atoms with Crippen molar-refractivity contribution in [2.24, 2.45) is 0 Å². The molecule has 0 nitrogen and oxygen atoms in total. The van der Waals surface area contributed by atoms with Gasteiger partial charge in [0, 0.05) is 0 Å². The molecule has 0 unspecified atom stereocenters. The van der Waals surface area contributed by atoms with Gasteiger partial charge in [-0.2, -0.15) is 0 Å². The lowest BCUT2D eigenvalue weighted by Crippen LogP contribution is -1.87. The largest absolute Gasteiger partial charge is 0.103 e. The van der Waals surface area contributed by atoms with E-state index in [1.54, 1.807) is 0 Å². The Morgan fingerprint density at radius 1 is 0.344 bits per heavy atom. The Bertz CT molecular complexity index is 441. The second kappa shape index (κ2) is 26.2. The van der Waals surface area contributed by atoms with Crippen molar-refractivity contribution in [1.82, 2.24) is 0 Å². The van der Waals surface area contributed by atoms with Crippen molar-refractivity contribution in [3.05, 3.63) is 49.6 Å². The minimum atomic E-state index is 1.17. The minimum Gasteiger partial charge on any atom is -0.103 e. The third kappa shape index (κ3) is 25.2. The summed E-state index contributed by atoms with van der Waals surface area (Å²) in [4.78, 5) is 0. The van der Waals surface area contributed by atoms with Gasteiger partial charge in [0.2, 0.25) is 0 Å². The second-order valence-corrected chi connectivity index (χ2v) is 10.0. The summed E-state index contributed by atoms with van der Waals surface area (Å²) < 4.78 is 0. The molecule has 0 aliphatic rings. The lowest BCUT2D eigenvalue weighted by molar-refractivity contribution is 0.557. The van der Waals surface area contributed by atoms with Gasteiger partial charge in [0.05, 0.1) is 0 Å². The number of allylic oxidation sites excluding steroid dienone is 4. The molecule has 0 aliphatic carbocycles. The highest BCUT2D eigenvalue weighted by atomic mass is 14.1. The van der Waals surface area contributed by atoms with E-state index in [0.29, 0.717) is 0 Å². The zero-order valence-corrected chi connectivity index (χ0v) is 22.0. The van der Waals surface area contributed by atoms with Gasteiger partial charge in [-0.05, 0) is 77.0 Å². The predicted octanol–water partition coefficient (Wildman–Crippen LogP) is 11.8. The van der Waals surface area contributed by atoms with Crippen molar-refractivity contribution >= 4 is 0 Å². The van der Waals surface area contributed by atoms with Crippen LogP contribution in [0.15, 0.2) is 49.6 Å². The molecule has 0 aromatic heterocycles. The molecule has 0 spiro atoms. The summed E-state index contributed by atoms with van der Waals surface area (Å²) in [6.45, 7) is 16.2. The topological polar surface area (TPSA) is 0 Å². The molecule has 0 saturated carbocycles. The monoisotopic (exact) mass is 442 g/mol. The Morgan fingerprint density at radius 3 is 0.812 bits per heavy atom. The van der Waals surface area contributed by atoms with E-state index in [-0.39, 0.29) is 0 Å². The smallest absolute Gasteiger partial charge is 0.0323 e. The Kier molecular flexibility index (Phi) is 25.4. The summed E-state index contributed by atoms with van der Waals surface area (Å²) in [6.07, 6.45) is 36.2. The van der Waals surface area contributed by atoms with Crippen LogP contribution in [0.25, 0.3) is 0 Å². The molecule has 0 aliphatic heterocycles. The lowest BCUT2D eigenvalue weighted by atomic mass is 9.99. The fourth-order valence-corrected chi connectivity index (χ4v) is 4.45. The Morgan fingerprint density at radius 2 is 0.562 bits per heavy atom. The molecule has 0 atom stereocenters. The highest BCUT2D eigenvalue weighted by molar-refractivity contribution is 4.94. The van der Waals surface area contributed by atoms with E-state index in [2.05, 4.69) is 26.3 Å². The molecule has 0 saturated heterocycles. The van der Waals surface area contributed by atoms with Crippen molar-refractivity contribution in [2.75, 3.05) is 0 Å². The summed E-state index contributed by atoms with van der Waals surface area (Å²) in [7, 11) is 0. The average molecular weight is 443 g/mol. The van der Waals surface area contributed by atoms with Crippen molar-refractivity contribution < 1.29 is 0 Å². The maximum atomic E-state index is 4.31. The zero-order chi connectivity index (χ0) is 23.5. The molecule has 0 aromatic rings. The average Bonchev–Trinajstić information content (AvgIpc) is 2.79. The molecule has 0 heteroatoms. The van der Waals surface area contributed by atoms with Crippen LogP contribution in [0.2, 0.25) is 0 Å². The maximum absolute atomic E-state index is 4.31. The van der Waals surface area contributed by atoms with Crippen LogP contribution in [0, 0.1) is 0 Å². The molecule has 0 heterocycles. The number of unbranched alkanes of at least 4 members (excludes halogenated alkanes) is 17. The van der Waals surface area contributed by atoms with Gasteiger partial charge in [-0.1, -0.05) is 114 Å². The van der Waals surface area contributed by atoms with E-state index < -0.39 is 0 Å². The summed E-state index contributed by atoms with van der Waals surface area (Å²) in [5, 5.41) is 0. The van der Waals surface area contributed by atoms with Crippen LogP contribution >= 0.6 is 0 Å². The fraction of sp³-hybridized carbons (Fsp3) is 0.750. The van der Waals surface area contributed by atoms with Gasteiger partial charge in [-0.25, -0.2) is 0 Å². The summed E-state index contributed by atoms with van der Waals surface area (Å²) >= 11 is 0. The van der Waals surface area contributed by atoms with Crippen LogP contribution in [-0.4, -0.2) is 0 Å². The lowest BCUT2D eigenvalue weighted by Gasteiger charge is -2.07. The molecule has 0 rings (SSSR count). The molecule has 0 N–H and O–H groups in total. The molecular formula is C32H58. The van der Waals surface area contributed by atoms with Crippen LogP contribution in [0.4, 0.5) is 0 Å². The SMILES string of the molecule is C=CCCCCCCCCC(=C)CCCCCCCCCCC(=C)CCCCCCC=C. The molecular weight excluding hydrogens is 384 g/mol. The summed E-state index contributed by atoms with van der Waals surface area (Å²) in [5.74, 6) is 0. The Labute approximate surface area is 203 Å². The van der Waals surface area contributed by atoms with Crippen LogP contribution in [0.3, 0.4) is 0 Å². The van der Waals surface area contributed by atoms with Crippen LogP contribution < -0.4 is 0 Å². The van der Waals surface area contributed by atoms with Gasteiger partial charge >= 0.3 is 0 Å². The van der Waals surface area contributed by atoms with Crippen molar-refractivity contribution in [3.8, 4) is 0 Å². The highest BCUT2D eigenvalue weighted by Gasteiger charge is 1.99. The van der Waals surface area contributed by atoms with Crippen molar-refractivity contribution in [1.29, 1.82) is 0 Å². The van der Waals surface area contributed by atoms with E-state index in [1.807, 2.05) is 12.2 Å². The second-order valence-electron chi connectivity index (χ2n) is 10.0. The fourth-order valence-electron chi connectivity index (χ4n) is 4.45. The van der Waals surface area contributed by atoms with Gasteiger partial charge in [-0.3, -0.25) is 0 Å². The molecule has 0 bridgehead atoms. The molecule has 0 radical (unpaired) electrons. The van der Waals surface area contributed by atoms with Gasteiger partial charge in [0.1, 0.15) is 0 Å². The van der Waals surface area contributed by atoms with Crippen LogP contribution in [0.1, 0.15) is 154 Å². The standard InChI is InChI=1S/C32H58/c1-5-7-9-11-13-16-20-24-28-32(4)30-26-22-18-15-14-17-21-25-29-31(3)27-23-19-12-10-8-6-2/h5-6H,1-4,7-30H2. The van der Waals surface area contributed by atoms with Gasteiger partial charge in [0.25, 0.3) is 0 Å². The first-order chi connectivity index (χ1) is 15.7. The number of hydrogen-bond acceptors (Lipinski definition) is 0. The molecule has 186 valence electrons. The third-order valence-corrected chi connectivity index (χ3v) is 6.69. The number of hydrogen-bond donors (Lipinski definition) is 0. The Hall–Kier alpha value is -1.04. The summed E-state index contributed by atoms with van der Waals surface area (Å²) in [5.41, 5.74) is 2.98.